The van der Waals surface area contributed by atoms with E-state index in [1.807, 2.05) is 24.5 Å². The maximum absolute atomic E-state index is 14.8. The van der Waals surface area contributed by atoms with Gasteiger partial charge in [-0.15, -0.1) is 0 Å². The molecule has 0 unspecified atom stereocenters. The van der Waals surface area contributed by atoms with E-state index in [-0.39, 0.29) is 18.0 Å². The first-order chi connectivity index (χ1) is 11.2. The molecule has 5 nitrogen and oxygen atoms in total. The van der Waals surface area contributed by atoms with Crippen LogP contribution in [0.25, 0.3) is 16.6 Å². The summed E-state index contributed by atoms with van der Waals surface area (Å²) in [6, 6.07) is 5.82. The summed E-state index contributed by atoms with van der Waals surface area (Å²) in [6.45, 7) is 0. The van der Waals surface area contributed by atoms with E-state index in [9.17, 15) is 4.39 Å². The number of rotatable bonds is 3. The van der Waals surface area contributed by atoms with E-state index in [0.717, 1.165) is 42.3 Å². The summed E-state index contributed by atoms with van der Waals surface area (Å²) in [5, 5.41) is 7.47. The Hall–Kier alpha value is -2.34. The van der Waals surface area contributed by atoms with Crippen LogP contribution in [0.15, 0.2) is 36.8 Å². The molecule has 2 atom stereocenters. The van der Waals surface area contributed by atoms with Gasteiger partial charge in [0.25, 0.3) is 0 Å². The van der Waals surface area contributed by atoms with E-state index in [1.54, 1.807) is 12.3 Å². The summed E-state index contributed by atoms with van der Waals surface area (Å²) in [4.78, 5) is 3.01. The first-order valence-electron chi connectivity index (χ1n) is 8.05. The molecule has 23 heavy (non-hydrogen) atoms. The molecule has 3 aromatic heterocycles. The van der Waals surface area contributed by atoms with Crippen molar-refractivity contribution in [2.75, 3.05) is 5.32 Å². The zero-order valence-electron chi connectivity index (χ0n) is 12.8. The van der Waals surface area contributed by atoms with E-state index in [0.29, 0.717) is 5.69 Å². The van der Waals surface area contributed by atoms with E-state index in [4.69, 9.17) is 5.73 Å². The van der Waals surface area contributed by atoms with Crippen LogP contribution in [0.4, 0.5) is 10.1 Å². The van der Waals surface area contributed by atoms with Gasteiger partial charge >= 0.3 is 0 Å². The van der Waals surface area contributed by atoms with E-state index >= 15 is 0 Å². The van der Waals surface area contributed by atoms with Crippen LogP contribution in [0.1, 0.15) is 25.7 Å². The average molecular weight is 313 g/mol. The first-order valence-corrected chi connectivity index (χ1v) is 8.05. The molecule has 120 valence electrons. The van der Waals surface area contributed by atoms with Gasteiger partial charge in [-0.1, -0.05) is 12.8 Å². The quantitative estimate of drug-likeness (QED) is 0.651. The minimum atomic E-state index is -0.373. The molecule has 1 fully saturated rings. The van der Waals surface area contributed by atoms with Gasteiger partial charge in [-0.3, -0.25) is 0 Å². The number of hydrogen-bond acceptors (Lipinski definition) is 3. The predicted molar refractivity (Wildman–Crippen MR) is 88.8 cm³/mol. The highest BCUT2D eigenvalue weighted by atomic mass is 19.1. The van der Waals surface area contributed by atoms with Crippen molar-refractivity contribution in [3.05, 3.63) is 42.7 Å². The van der Waals surface area contributed by atoms with Crippen molar-refractivity contribution in [2.24, 2.45) is 5.73 Å². The summed E-state index contributed by atoms with van der Waals surface area (Å²) >= 11 is 0. The second-order valence-electron chi connectivity index (χ2n) is 6.19. The molecule has 4 N–H and O–H groups in total. The van der Waals surface area contributed by atoms with Crippen LogP contribution in [0.3, 0.4) is 0 Å². The van der Waals surface area contributed by atoms with E-state index in [1.165, 1.54) is 4.52 Å². The van der Waals surface area contributed by atoms with Gasteiger partial charge in [-0.2, -0.15) is 9.49 Å². The van der Waals surface area contributed by atoms with E-state index < -0.39 is 0 Å². The third-order valence-electron chi connectivity index (χ3n) is 4.69. The minimum Gasteiger partial charge on any atom is -0.377 e. The van der Waals surface area contributed by atoms with Crippen molar-refractivity contribution in [3.8, 4) is 11.1 Å². The van der Waals surface area contributed by atoms with Crippen LogP contribution in [0.5, 0.6) is 0 Å². The lowest BCUT2D eigenvalue weighted by atomic mass is 9.91. The summed E-state index contributed by atoms with van der Waals surface area (Å²) in [5.74, 6) is -0.373. The molecule has 0 bridgehead atoms. The highest BCUT2D eigenvalue weighted by Gasteiger charge is 2.23. The molecule has 0 saturated heterocycles. The number of aromatic nitrogens is 3. The average Bonchev–Trinajstić information content (AvgIpc) is 3.21. The number of H-pyrrole nitrogens is 1. The molecule has 0 spiro atoms. The normalized spacial score (nSPS) is 21.7. The van der Waals surface area contributed by atoms with Gasteiger partial charge in [0, 0.05) is 35.6 Å². The highest BCUT2D eigenvalue weighted by Crippen LogP contribution is 2.28. The topological polar surface area (TPSA) is 71.1 Å². The molecule has 1 aliphatic rings. The fourth-order valence-electron chi connectivity index (χ4n) is 3.38. The Morgan fingerprint density at radius 2 is 2.13 bits per heavy atom. The number of fused-ring (bicyclic) bond motifs is 1. The zero-order chi connectivity index (χ0) is 15.8. The molecule has 1 aliphatic carbocycles. The summed E-state index contributed by atoms with van der Waals surface area (Å²) in [5.41, 5.74) is 9.26. The monoisotopic (exact) mass is 313 g/mol. The molecule has 4 rings (SSSR count). The van der Waals surface area contributed by atoms with Crippen molar-refractivity contribution in [1.82, 2.24) is 14.6 Å². The SMILES string of the molecule is N[C@H]1CCCC[C@H]1Nc1ccc2c(-c3cc[nH]c3)cnn2c1F. The van der Waals surface area contributed by atoms with Crippen LogP contribution in [0.2, 0.25) is 0 Å². The van der Waals surface area contributed by atoms with Crippen LogP contribution in [-0.4, -0.2) is 26.7 Å². The molecule has 0 aromatic carbocycles. The molecular weight excluding hydrogens is 293 g/mol. The minimum absolute atomic E-state index is 0.0758. The highest BCUT2D eigenvalue weighted by molar-refractivity contribution is 5.80. The smallest absolute Gasteiger partial charge is 0.237 e. The number of anilines is 1. The third kappa shape index (κ3) is 2.49. The largest absolute Gasteiger partial charge is 0.377 e. The number of halogens is 1. The molecule has 0 amide bonds. The Labute approximate surface area is 133 Å². The standard InChI is InChI=1S/C17H20FN5/c18-17-15(22-14-4-2-1-3-13(14)19)5-6-16-12(10-21-23(16)17)11-7-8-20-9-11/h5-10,13-14,20,22H,1-4,19H2/t13-,14+/m0/s1. The maximum atomic E-state index is 14.8. The summed E-state index contributed by atoms with van der Waals surface area (Å²) in [7, 11) is 0. The maximum Gasteiger partial charge on any atom is 0.237 e. The van der Waals surface area contributed by atoms with Crippen LogP contribution in [-0.2, 0) is 0 Å². The summed E-state index contributed by atoms with van der Waals surface area (Å²) in [6.07, 6.45) is 9.66. The summed E-state index contributed by atoms with van der Waals surface area (Å²) < 4.78 is 16.1. The number of nitrogens with one attached hydrogen (secondary N) is 2. The number of nitrogens with two attached hydrogens (primary N) is 1. The van der Waals surface area contributed by atoms with Gasteiger partial charge in [0.1, 0.15) is 0 Å². The Balaban J connectivity index is 1.68. The van der Waals surface area contributed by atoms with Crippen molar-refractivity contribution >= 4 is 11.2 Å². The lowest BCUT2D eigenvalue weighted by Crippen LogP contribution is -2.42. The fraction of sp³-hybridized carbons (Fsp3) is 0.353. The van der Waals surface area contributed by atoms with E-state index in [2.05, 4.69) is 15.4 Å². The molecule has 6 heteroatoms. The van der Waals surface area contributed by atoms with Gasteiger partial charge in [0.05, 0.1) is 17.4 Å². The molecular formula is C17H20FN5. The van der Waals surface area contributed by atoms with Crippen molar-refractivity contribution in [1.29, 1.82) is 0 Å². The number of hydrogen-bond donors (Lipinski definition) is 3. The molecule has 3 heterocycles. The van der Waals surface area contributed by atoms with Crippen molar-refractivity contribution in [2.45, 2.75) is 37.8 Å². The lowest BCUT2D eigenvalue weighted by molar-refractivity contribution is 0.402. The fourth-order valence-corrected chi connectivity index (χ4v) is 3.38. The van der Waals surface area contributed by atoms with Gasteiger partial charge in [-0.05, 0) is 31.0 Å². The van der Waals surface area contributed by atoms with Gasteiger partial charge in [-0.25, -0.2) is 4.52 Å². The molecule has 0 aliphatic heterocycles. The zero-order valence-corrected chi connectivity index (χ0v) is 12.8. The van der Waals surface area contributed by atoms with Gasteiger partial charge in [0.2, 0.25) is 5.95 Å². The Morgan fingerprint density at radius 3 is 2.91 bits per heavy atom. The molecule has 1 saturated carbocycles. The van der Waals surface area contributed by atoms with Gasteiger partial charge < -0.3 is 16.0 Å². The Morgan fingerprint density at radius 1 is 1.26 bits per heavy atom. The number of aromatic amines is 1. The molecule has 0 radical (unpaired) electrons. The second kappa shape index (κ2) is 5.70. The van der Waals surface area contributed by atoms with Gasteiger partial charge in [0.15, 0.2) is 0 Å². The molecule has 3 aromatic rings. The van der Waals surface area contributed by atoms with Crippen LogP contribution in [0, 0.1) is 5.95 Å². The predicted octanol–water partition coefficient (Wildman–Crippen LogP) is 3.15. The number of nitrogens with zero attached hydrogens (tertiary/aromatic N) is 2. The van der Waals surface area contributed by atoms with Crippen molar-refractivity contribution < 1.29 is 4.39 Å². The Kier molecular flexibility index (Phi) is 3.53. The van der Waals surface area contributed by atoms with Crippen molar-refractivity contribution in [3.63, 3.8) is 0 Å². The Bertz CT molecular complexity index is 808. The van der Waals surface area contributed by atoms with Crippen LogP contribution < -0.4 is 11.1 Å². The lowest BCUT2D eigenvalue weighted by Gasteiger charge is -2.30. The second-order valence-corrected chi connectivity index (χ2v) is 6.19. The van der Waals surface area contributed by atoms with Crippen LogP contribution >= 0.6 is 0 Å². The first kappa shape index (κ1) is 14.3. The number of pyridine rings is 1. The third-order valence-corrected chi connectivity index (χ3v) is 4.69.